The van der Waals surface area contributed by atoms with Crippen molar-refractivity contribution in [2.45, 2.75) is 45.6 Å². The van der Waals surface area contributed by atoms with Gasteiger partial charge < -0.3 is 10.6 Å². The highest BCUT2D eigenvalue weighted by atomic mass is 35.5. The fourth-order valence-electron chi connectivity index (χ4n) is 3.36. The molecular weight excluding hydrogens is 385 g/mol. The van der Waals surface area contributed by atoms with Gasteiger partial charge in [-0.2, -0.15) is 0 Å². The zero-order chi connectivity index (χ0) is 18.8. The normalized spacial score (nSPS) is 16.3. The number of hydrogen-bond acceptors (Lipinski definition) is 4. The van der Waals surface area contributed by atoms with Crippen LogP contribution in [0.25, 0.3) is 5.69 Å². The standard InChI is InChI=1S/C19H26ClN5O.ClH/c1-12(2)18-22-17(23-25(18)16-7-5-4-6-15(16)20)19(26)24-10-8-14(9-11-24)13(3)21;/h4-7,12-14H,8-11,21H2,1-3H3;1H. The van der Waals surface area contributed by atoms with E-state index in [4.69, 9.17) is 17.3 Å². The number of hydrogen-bond donors (Lipinski definition) is 1. The van der Waals surface area contributed by atoms with Crippen LogP contribution in [0.5, 0.6) is 0 Å². The van der Waals surface area contributed by atoms with Crippen LogP contribution in [-0.2, 0) is 0 Å². The number of halogens is 2. The number of nitrogens with two attached hydrogens (primary N) is 1. The van der Waals surface area contributed by atoms with Gasteiger partial charge in [-0.05, 0) is 37.8 Å². The Balaban J connectivity index is 0.00000261. The van der Waals surface area contributed by atoms with Gasteiger partial charge in [-0.3, -0.25) is 4.79 Å². The van der Waals surface area contributed by atoms with Gasteiger partial charge in [-0.15, -0.1) is 17.5 Å². The van der Waals surface area contributed by atoms with Crippen molar-refractivity contribution in [3.63, 3.8) is 0 Å². The molecule has 1 saturated heterocycles. The van der Waals surface area contributed by atoms with Crippen LogP contribution in [0.3, 0.4) is 0 Å². The molecule has 0 spiro atoms. The van der Waals surface area contributed by atoms with Crippen LogP contribution in [0.2, 0.25) is 5.02 Å². The van der Waals surface area contributed by atoms with E-state index in [2.05, 4.69) is 10.1 Å². The van der Waals surface area contributed by atoms with Crippen LogP contribution in [-0.4, -0.2) is 44.7 Å². The highest BCUT2D eigenvalue weighted by molar-refractivity contribution is 6.32. The lowest BCUT2D eigenvalue weighted by atomic mass is 9.91. The maximum atomic E-state index is 12.9. The van der Waals surface area contributed by atoms with E-state index in [1.807, 2.05) is 49.9 Å². The van der Waals surface area contributed by atoms with Crippen LogP contribution in [0.15, 0.2) is 24.3 Å². The molecule has 2 aromatic rings. The smallest absolute Gasteiger partial charge is 0.293 e. The third-order valence-corrected chi connectivity index (χ3v) is 5.31. The summed E-state index contributed by atoms with van der Waals surface area (Å²) in [4.78, 5) is 19.3. The molecular formula is C19H27Cl2N5O. The van der Waals surface area contributed by atoms with Crippen molar-refractivity contribution in [3.8, 4) is 5.69 Å². The molecule has 0 radical (unpaired) electrons. The minimum absolute atomic E-state index is 0. The minimum atomic E-state index is -0.124. The van der Waals surface area contributed by atoms with Gasteiger partial charge >= 0.3 is 0 Å². The average molecular weight is 412 g/mol. The van der Waals surface area contributed by atoms with Gasteiger partial charge in [-0.1, -0.05) is 37.6 Å². The Morgan fingerprint density at radius 3 is 2.41 bits per heavy atom. The van der Waals surface area contributed by atoms with Crippen molar-refractivity contribution in [3.05, 3.63) is 40.9 Å². The molecule has 1 aromatic carbocycles. The van der Waals surface area contributed by atoms with E-state index in [1.54, 1.807) is 4.68 Å². The van der Waals surface area contributed by atoms with Crippen molar-refractivity contribution in [1.29, 1.82) is 0 Å². The average Bonchev–Trinajstić information content (AvgIpc) is 3.07. The number of benzene rings is 1. The molecule has 148 valence electrons. The Morgan fingerprint density at radius 2 is 1.85 bits per heavy atom. The minimum Gasteiger partial charge on any atom is -0.336 e. The largest absolute Gasteiger partial charge is 0.336 e. The zero-order valence-corrected chi connectivity index (χ0v) is 17.5. The summed E-state index contributed by atoms with van der Waals surface area (Å²) in [6.07, 6.45) is 1.84. The summed E-state index contributed by atoms with van der Waals surface area (Å²) in [7, 11) is 0. The van der Waals surface area contributed by atoms with Crippen molar-refractivity contribution in [2.24, 2.45) is 11.7 Å². The van der Waals surface area contributed by atoms with Crippen molar-refractivity contribution in [1.82, 2.24) is 19.7 Å². The summed E-state index contributed by atoms with van der Waals surface area (Å²) >= 11 is 6.32. The topological polar surface area (TPSA) is 77.0 Å². The van der Waals surface area contributed by atoms with Crippen LogP contribution in [0, 0.1) is 5.92 Å². The second-order valence-corrected chi connectivity index (χ2v) is 7.71. The second kappa shape index (κ2) is 9.04. The van der Waals surface area contributed by atoms with Crippen LogP contribution in [0.1, 0.15) is 56.0 Å². The number of para-hydroxylation sites is 1. The zero-order valence-electron chi connectivity index (χ0n) is 15.9. The summed E-state index contributed by atoms with van der Waals surface area (Å²) in [6.45, 7) is 7.48. The molecule has 27 heavy (non-hydrogen) atoms. The number of carbonyl (C=O) groups excluding carboxylic acids is 1. The third-order valence-electron chi connectivity index (χ3n) is 4.99. The maximum Gasteiger partial charge on any atom is 0.293 e. The van der Waals surface area contributed by atoms with Crippen LogP contribution < -0.4 is 5.73 Å². The van der Waals surface area contributed by atoms with Gasteiger partial charge in [-0.25, -0.2) is 9.67 Å². The first-order chi connectivity index (χ1) is 12.4. The molecule has 8 heteroatoms. The first-order valence-corrected chi connectivity index (χ1v) is 9.53. The summed E-state index contributed by atoms with van der Waals surface area (Å²) in [5.74, 6) is 1.42. The fourth-order valence-corrected chi connectivity index (χ4v) is 3.57. The number of amides is 1. The first-order valence-electron chi connectivity index (χ1n) is 9.15. The summed E-state index contributed by atoms with van der Waals surface area (Å²) in [6, 6.07) is 7.62. The molecule has 6 nitrogen and oxygen atoms in total. The van der Waals surface area contributed by atoms with E-state index in [0.29, 0.717) is 24.0 Å². The molecule has 1 aliphatic rings. The van der Waals surface area contributed by atoms with Gasteiger partial charge in [0, 0.05) is 25.0 Å². The van der Waals surface area contributed by atoms with E-state index in [0.717, 1.165) is 24.4 Å². The number of nitrogens with zero attached hydrogens (tertiary/aromatic N) is 4. The predicted molar refractivity (Wildman–Crippen MR) is 110 cm³/mol. The van der Waals surface area contributed by atoms with Crippen molar-refractivity contribution < 1.29 is 4.79 Å². The third kappa shape index (κ3) is 4.62. The number of carbonyl (C=O) groups is 1. The Bertz CT molecular complexity index is 782. The predicted octanol–water partition coefficient (Wildman–Crippen LogP) is 3.67. The lowest BCUT2D eigenvalue weighted by molar-refractivity contribution is 0.0668. The molecule has 1 atom stereocenters. The number of aromatic nitrogens is 3. The number of rotatable bonds is 4. The lowest BCUT2D eigenvalue weighted by Gasteiger charge is -2.33. The summed E-state index contributed by atoms with van der Waals surface area (Å²) in [5, 5.41) is 5.08. The first kappa shape index (κ1) is 21.7. The number of piperidine rings is 1. The van der Waals surface area contributed by atoms with E-state index in [-0.39, 0.29) is 36.1 Å². The molecule has 2 heterocycles. The Kier molecular flexibility index (Phi) is 7.25. The summed E-state index contributed by atoms with van der Waals surface area (Å²) < 4.78 is 1.69. The van der Waals surface area contributed by atoms with E-state index in [9.17, 15) is 4.79 Å². The SMILES string of the molecule is CC(C)c1nc(C(=O)N2CCC(C(C)N)CC2)nn1-c1ccccc1Cl.Cl. The highest BCUT2D eigenvalue weighted by Gasteiger charge is 2.29. The monoisotopic (exact) mass is 411 g/mol. The van der Waals surface area contributed by atoms with E-state index < -0.39 is 0 Å². The van der Waals surface area contributed by atoms with Gasteiger partial charge in [0.05, 0.1) is 10.7 Å². The summed E-state index contributed by atoms with van der Waals surface area (Å²) in [5.41, 5.74) is 6.73. The Labute approximate surface area is 171 Å². The van der Waals surface area contributed by atoms with Crippen LogP contribution in [0.4, 0.5) is 0 Å². The van der Waals surface area contributed by atoms with E-state index >= 15 is 0 Å². The molecule has 0 aliphatic carbocycles. The molecule has 2 N–H and O–H groups in total. The molecule has 1 aliphatic heterocycles. The fraction of sp³-hybridized carbons (Fsp3) is 0.526. The second-order valence-electron chi connectivity index (χ2n) is 7.30. The quantitative estimate of drug-likeness (QED) is 0.832. The van der Waals surface area contributed by atoms with Crippen molar-refractivity contribution >= 4 is 29.9 Å². The van der Waals surface area contributed by atoms with Gasteiger partial charge in [0.1, 0.15) is 5.82 Å². The maximum absolute atomic E-state index is 12.9. The number of likely N-dealkylation sites (tertiary alicyclic amines) is 1. The Morgan fingerprint density at radius 1 is 1.22 bits per heavy atom. The van der Waals surface area contributed by atoms with Crippen LogP contribution >= 0.6 is 24.0 Å². The molecule has 0 bridgehead atoms. The molecule has 1 amide bonds. The van der Waals surface area contributed by atoms with Gasteiger partial charge in [0.15, 0.2) is 0 Å². The molecule has 1 unspecified atom stereocenters. The lowest BCUT2D eigenvalue weighted by Crippen LogP contribution is -2.42. The molecule has 1 aromatic heterocycles. The van der Waals surface area contributed by atoms with Gasteiger partial charge in [0.2, 0.25) is 5.82 Å². The van der Waals surface area contributed by atoms with E-state index in [1.165, 1.54) is 0 Å². The molecule has 0 saturated carbocycles. The van der Waals surface area contributed by atoms with Crippen molar-refractivity contribution in [2.75, 3.05) is 13.1 Å². The van der Waals surface area contributed by atoms with Gasteiger partial charge in [0.25, 0.3) is 5.91 Å². The molecule has 3 rings (SSSR count). The highest BCUT2D eigenvalue weighted by Crippen LogP contribution is 2.25. The Hall–Kier alpha value is -1.63. The molecule has 1 fully saturated rings.